The van der Waals surface area contributed by atoms with Crippen molar-refractivity contribution in [3.8, 4) is 0 Å². The summed E-state index contributed by atoms with van der Waals surface area (Å²) in [5, 5.41) is 2.93. The van der Waals surface area contributed by atoms with Crippen molar-refractivity contribution in [2.24, 2.45) is 0 Å². The quantitative estimate of drug-likeness (QED) is 0.831. The van der Waals surface area contributed by atoms with Gasteiger partial charge in [-0.3, -0.25) is 4.79 Å². The third-order valence-corrected chi connectivity index (χ3v) is 4.53. The minimum Gasteiger partial charge on any atom is -0.348 e. The zero-order valence-corrected chi connectivity index (χ0v) is 12.0. The van der Waals surface area contributed by atoms with Crippen molar-refractivity contribution in [3.05, 3.63) is 35.1 Å². The largest absolute Gasteiger partial charge is 0.348 e. The molecule has 1 aliphatic rings. The predicted octanol–water partition coefficient (Wildman–Crippen LogP) is 3.57. The zero-order valence-electron chi connectivity index (χ0n) is 10.4. The van der Waals surface area contributed by atoms with Gasteiger partial charge < -0.3 is 5.32 Å². The number of carbonyl (C=O) groups excluding carboxylic acids is 1. The van der Waals surface area contributed by atoms with Gasteiger partial charge in [-0.25, -0.2) is 4.39 Å². The lowest BCUT2D eigenvalue weighted by molar-refractivity contribution is 0.0925. The Morgan fingerprint density at radius 1 is 1.39 bits per heavy atom. The Morgan fingerprint density at radius 3 is 2.83 bits per heavy atom. The van der Waals surface area contributed by atoms with E-state index in [1.165, 1.54) is 12.5 Å². The molecule has 1 fully saturated rings. The third-order valence-electron chi connectivity index (χ3n) is 3.43. The fraction of sp³-hybridized carbons (Fsp3) is 0.500. The van der Waals surface area contributed by atoms with Crippen LogP contribution in [0.5, 0.6) is 0 Å². The van der Waals surface area contributed by atoms with Crippen LogP contribution in [-0.4, -0.2) is 16.8 Å². The number of hydrogen-bond donors (Lipinski definition) is 1. The Morgan fingerprint density at radius 2 is 2.11 bits per heavy atom. The van der Waals surface area contributed by atoms with E-state index >= 15 is 0 Å². The molecule has 1 saturated carbocycles. The highest BCUT2D eigenvalue weighted by Gasteiger charge is 2.25. The molecule has 1 N–H and O–H groups in total. The molecule has 18 heavy (non-hydrogen) atoms. The van der Waals surface area contributed by atoms with Crippen LogP contribution < -0.4 is 5.32 Å². The molecule has 0 heterocycles. The van der Waals surface area contributed by atoms with E-state index in [9.17, 15) is 9.18 Å². The average Bonchev–Trinajstić information content (AvgIpc) is 2.35. The van der Waals surface area contributed by atoms with E-state index in [1.807, 2.05) is 0 Å². The number of aryl methyl sites for hydroxylation is 1. The van der Waals surface area contributed by atoms with Gasteiger partial charge in [-0.2, -0.15) is 0 Å². The van der Waals surface area contributed by atoms with Crippen LogP contribution in [0, 0.1) is 12.7 Å². The summed E-state index contributed by atoms with van der Waals surface area (Å²) in [5.41, 5.74) is 0.641. The first-order valence-corrected chi connectivity index (χ1v) is 7.21. The number of amides is 1. The molecule has 1 aromatic rings. The van der Waals surface area contributed by atoms with Crippen molar-refractivity contribution >= 4 is 21.8 Å². The molecule has 0 aromatic heterocycles. The van der Waals surface area contributed by atoms with Gasteiger partial charge >= 0.3 is 0 Å². The van der Waals surface area contributed by atoms with E-state index < -0.39 is 5.82 Å². The maximum atomic E-state index is 13.8. The summed E-state index contributed by atoms with van der Waals surface area (Å²) in [5.74, 6) is -0.732. The number of carbonyl (C=O) groups is 1. The highest BCUT2D eigenvalue weighted by atomic mass is 79.9. The summed E-state index contributed by atoms with van der Waals surface area (Å²) in [6.45, 7) is 1.67. The van der Waals surface area contributed by atoms with Crippen molar-refractivity contribution in [2.75, 3.05) is 0 Å². The van der Waals surface area contributed by atoms with Gasteiger partial charge in [-0.05, 0) is 31.4 Å². The van der Waals surface area contributed by atoms with E-state index in [2.05, 4.69) is 21.2 Å². The van der Waals surface area contributed by atoms with Gasteiger partial charge in [0.15, 0.2) is 0 Å². The van der Waals surface area contributed by atoms with Crippen molar-refractivity contribution < 1.29 is 9.18 Å². The molecular weight excluding hydrogens is 297 g/mol. The SMILES string of the molecule is Cc1cccc(C(=O)NC2CCCCC2Br)c1F. The van der Waals surface area contributed by atoms with Crippen LogP contribution in [0.15, 0.2) is 18.2 Å². The molecular formula is C14H17BrFNO. The van der Waals surface area contributed by atoms with Gasteiger partial charge in [0, 0.05) is 10.9 Å². The van der Waals surface area contributed by atoms with Crippen molar-refractivity contribution in [2.45, 2.75) is 43.5 Å². The van der Waals surface area contributed by atoms with Gasteiger partial charge in [0.1, 0.15) is 5.82 Å². The van der Waals surface area contributed by atoms with E-state index in [0.717, 1.165) is 19.3 Å². The summed E-state index contributed by atoms with van der Waals surface area (Å²) in [6.07, 6.45) is 4.31. The molecule has 0 radical (unpaired) electrons. The lowest BCUT2D eigenvalue weighted by atomic mass is 9.95. The minimum atomic E-state index is -0.420. The molecule has 4 heteroatoms. The second kappa shape index (κ2) is 5.83. The maximum Gasteiger partial charge on any atom is 0.254 e. The lowest BCUT2D eigenvalue weighted by Gasteiger charge is -2.28. The van der Waals surface area contributed by atoms with E-state index in [-0.39, 0.29) is 17.5 Å². The van der Waals surface area contributed by atoms with Crippen LogP contribution in [0.3, 0.4) is 0 Å². The Kier molecular flexibility index (Phi) is 4.38. The second-order valence-corrected chi connectivity index (χ2v) is 5.99. The van der Waals surface area contributed by atoms with Crippen LogP contribution in [0.4, 0.5) is 4.39 Å². The molecule has 2 rings (SSSR count). The number of nitrogens with one attached hydrogen (secondary N) is 1. The van der Waals surface area contributed by atoms with E-state index in [1.54, 1.807) is 19.1 Å². The highest BCUT2D eigenvalue weighted by Crippen LogP contribution is 2.25. The first kappa shape index (κ1) is 13.5. The maximum absolute atomic E-state index is 13.8. The molecule has 1 aromatic carbocycles. The van der Waals surface area contributed by atoms with Gasteiger partial charge in [0.2, 0.25) is 0 Å². The summed E-state index contributed by atoms with van der Waals surface area (Å²) >= 11 is 3.58. The summed E-state index contributed by atoms with van der Waals surface area (Å²) in [4.78, 5) is 12.4. The topological polar surface area (TPSA) is 29.1 Å². The van der Waals surface area contributed by atoms with E-state index in [0.29, 0.717) is 10.4 Å². The lowest BCUT2D eigenvalue weighted by Crippen LogP contribution is -2.42. The van der Waals surface area contributed by atoms with Crippen molar-refractivity contribution in [1.29, 1.82) is 0 Å². The second-order valence-electron chi connectivity index (χ2n) is 4.82. The molecule has 1 aliphatic carbocycles. The smallest absolute Gasteiger partial charge is 0.254 e. The first-order chi connectivity index (χ1) is 8.59. The number of alkyl halides is 1. The monoisotopic (exact) mass is 313 g/mol. The first-order valence-electron chi connectivity index (χ1n) is 6.29. The van der Waals surface area contributed by atoms with Crippen LogP contribution >= 0.6 is 15.9 Å². The number of hydrogen-bond acceptors (Lipinski definition) is 1. The standard InChI is InChI=1S/C14H17BrFNO/c1-9-5-4-6-10(13(9)16)14(18)17-12-8-3-2-7-11(12)15/h4-6,11-12H,2-3,7-8H2,1H3,(H,17,18). The fourth-order valence-corrected chi connectivity index (χ4v) is 3.04. The molecule has 1 amide bonds. The molecule has 98 valence electrons. The summed E-state index contributed by atoms with van der Waals surface area (Å²) < 4.78 is 13.8. The number of halogens is 2. The van der Waals surface area contributed by atoms with E-state index in [4.69, 9.17) is 0 Å². The number of rotatable bonds is 2. The Labute approximate surface area is 115 Å². The Balaban J connectivity index is 2.09. The molecule has 2 nitrogen and oxygen atoms in total. The fourth-order valence-electron chi connectivity index (χ4n) is 2.32. The normalized spacial score (nSPS) is 23.7. The molecule has 2 atom stereocenters. The highest BCUT2D eigenvalue weighted by molar-refractivity contribution is 9.09. The molecule has 0 spiro atoms. The van der Waals surface area contributed by atoms with Crippen molar-refractivity contribution in [3.63, 3.8) is 0 Å². The number of benzene rings is 1. The van der Waals surface area contributed by atoms with Crippen LogP contribution in [-0.2, 0) is 0 Å². The minimum absolute atomic E-state index is 0.103. The summed E-state index contributed by atoms with van der Waals surface area (Å²) in [6, 6.07) is 5.01. The van der Waals surface area contributed by atoms with Crippen LogP contribution in [0.25, 0.3) is 0 Å². The van der Waals surface area contributed by atoms with Crippen molar-refractivity contribution in [1.82, 2.24) is 5.32 Å². The molecule has 0 aliphatic heterocycles. The van der Waals surface area contributed by atoms with Gasteiger partial charge in [-0.15, -0.1) is 0 Å². The third kappa shape index (κ3) is 2.91. The van der Waals surface area contributed by atoms with Crippen LogP contribution in [0.2, 0.25) is 0 Å². The molecule has 2 unspecified atom stereocenters. The molecule has 0 saturated heterocycles. The van der Waals surface area contributed by atoms with Crippen LogP contribution in [0.1, 0.15) is 41.6 Å². The molecule has 0 bridgehead atoms. The Hall–Kier alpha value is -0.900. The predicted molar refractivity (Wildman–Crippen MR) is 73.6 cm³/mol. The van der Waals surface area contributed by atoms with Gasteiger partial charge in [0.25, 0.3) is 5.91 Å². The average molecular weight is 314 g/mol. The van der Waals surface area contributed by atoms with Gasteiger partial charge in [-0.1, -0.05) is 40.9 Å². The summed E-state index contributed by atoms with van der Waals surface area (Å²) in [7, 11) is 0. The Bertz CT molecular complexity index is 449. The van der Waals surface area contributed by atoms with Gasteiger partial charge in [0.05, 0.1) is 5.56 Å². The zero-order chi connectivity index (χ0) is 13.1.